The number of hydrogen-bond acceptors (Lipinski definition) is 4. The Balaban J connectivity index is 2.13. The van der Waals surface area contributed by atoms with Gasteiger partial charge >= 0.3 is 5.97 Å². The maximum absolute atomic E-state index is 10.8. The van der Waals surface area contributed by atoms with Crippen LogP contribution in [0.25, 0.3) is 11.5 Å². The zero-order chi connectivity index (χ0) is 14.8. The van der Waals surface area contributed by atoms with Crippen LogP contribution in [0.1, 0.15) is 26.2 Å². The predicted molar refractivity (Wildman–Crippen MR) is 82.2 cm³/mol. The van der Waals surface area contributed by atoms with Crippen molar-refractivity contribution in [3.8, 4) is 11.5 Å². The Kier molecular flexibility index (Phi) is 4.42. The van der Waals surface area contributed by atoms with Crippen molar-refractivity contribution in [2.75, 3.05) is 0 Å². The van der Waals surface area contributed by atoms with Gasteiger partial charge in [0.25, 0.3) is 0 Å². The average molecular weight is 386 g/mol. The summed E-state index contributed by atoms with van der Waals surface area (Å²) in [6.45, 7) is 3.74. The standard InChI is InChI=1S/C14H15IN2O3/c1-14(2,8-12(18)19)7-11-16-17-13(20-11)9-3-5-10(15)6-4-9/h3-6H,7-8H2,1-2H3,(H,18,19). The summed E-state index contributed by atoms with van der Waals surface area (Å²) in [5.41, 5.74) is 0.446. The van der Waals surface area contributed by atoms with E-state index in [0.29, 0.717) is 18.2 Å². The molecule has 106 valence electrons. The normalized spacial score (nSPS) is 11.6. The van der Waals surface area contributed by atoms with Gasteiger partial charge in [-0.2, -0.15) is 0 Å². The van der Waals surface area contributed by atoms with Gasteiger partial charge in [0.1, 0.15) is 0 Å². The second kappa shape index (κ2) is 5.90. The maximum Gasteiger partial charge on any atom is 0.303 e. The SMILES string of the molecule is CC(C)(CC(=O)O)Cc1nnc(-c2ccc(I)cc2)o1. The highest BCUT2D eigenvalue weighted by molar-refractivity contribution is 14.1. The number of carbonyl (C=O) groups is 1. The van der Waals surface area contributed by atoms with Crippen molar-refractivity contribution >= 4 is 28.6 Å². The molecule has 0 fully saturated rings. The van der Waals surface area contributed by atoms with E-state index in [2.05, 4.69) is 32.8 Å². The van der Waals surface area contributed by atoms with Gasteiger partial charge in [-0.25, -0.2) is 0 Å². The number of halogens is 1. The molecular weight excluding hydrogens is 371 g/mol. The van der Waals surface area contributed by atoms with Gasteiger partial charge in [-0.05, 0) is 52.3 Å². The summed E-state index contributed by atoms with van der Waals surface area (Å²) in [5.74, 6) is 0.0969. The highest BCUT2D eigenvalue weighted by Gasteiger charge is 2.25. The number of carboxylic acid groups (broad SMARTS) is 1. The first-order chi connectivity index (χ1) is 9.35. The Morgan fingerprint density at radius 1 is 1.30 bits per heavy atom. The summed E-state index contributed by atoms with van der Waals surface area (Å²) >= 11 is 2.23. The number of carboxylic acids is 1. The Hall–Kier alpha value is -1.44. The van der Waals surface area contributed by atoms with Crippen molar-refractivity contribution in [2.45, 2.75) is 26.7 Å². The molecule has 1 heterocycles. The largest absolute Gasteiger partial charge is 0.481 e. The van der Waals surface area contributed by atoms with Crippen LogP contribution in [0, 0.1) is 8.99 Å². The molecule has 0 spiro atoms. The van der Waals surface area contributed by atoms with Gasteiger partial charge < -0.3 is 9.52 Å². The summed E-state index contributed by atoms with van der Waals surface area (Å²) < 4.78 is 6.74. The second-order valence-electron chi connectivity index (χ2n) is 5.42. The lowest BCUT2D eigenvalue weighted by molar-refractivity contribution is -0.139. The van der Waals surface area contributed by atoms with Crippen LogP contribution >= 0.6 is 22.6 Å². The predicted octanol–water partition coefficient (Wildman–Crippen LogP) is 3.38. The number of benzene rings is 1. The van der Waals surface area contributed by atoms with Crippen LogP contribution in [-0.2, 0) is 11.2 Å². The Morgan fingerprint density at radius 3 is 2.55 bits per heavy atom. The molecule has 0 radical (unpaired) electrons. The molecule has 0 atom stereocenters. The third-order valence-electron chi connectivity index (χ3n) is 2.82. The van der Waals surface area contributed by atoms with Crippen LogP contribution in [-0.4, -0.2) is 21.3 Å². The first kappa shape index (κ1) is 15.0. The molecule has 0 saturated carbocycles. The van der Waals surface area contributed by atoms with Gasteiger partial charge in [-0.1, -0.05) is 13.8 Å². The average Bonchev–Trinajstić information content (AvgIpc) is 2.75. The Bertz CT molecular complexity index is 605. The zero-order valence-corrected chi connectivity index (χ0v) is 13.4. The molecular formula is C14H15IN2O3. The molecule has 0 amide bonds. The quantitative estimate of drug-likeness (QED) is 0.798. The molecule has 5 nitrogen and oxygen atoms in total. The van der Waals surface area contributed by atoms with Crippen LogP contribution in [0.4, 0.5) is 0 Å². The molecule has 1 aromatic carbocycles. The van der Waals surface area contributed by atoms with Crippen LogP contribution in [0.2, 0.25) is 0 Å². The molecule has 20 heavy (non-hydrogen) atoms. The first-order valence-electron chi connectivity index (χ1n) is 6.16. The summed E-state index contributed by atoms with van der Waals surface area (Å²) in [6, 6.07) is 7.77. The van der Waals surface area contributed by atoms with E-state index in [-0.39, 0.29) is 6.42 Å². The van der Waals surface area contributed by atoms with E-state index in [1.54, 1.807) is 0 Å². The van der Waals surface area contributed by atoms with Crippen molar-refractivity contribution < 1.29 is 14.3 Å². The topological polar surface area (TPSA) is 76.2 Å². The first-order valence-corrected chi connectivity index (χ1v) is 7.24. The van der Waals surface area contributed by atoms with E-state index in [1.165, 1.54) is 0 Å². The number of hydrogen-bond donors (Lipinski definition) is 1. The number of rotatable bonds is 5. The smallest absolute Gasteiger partial charge is 0.303 e. The minimum atomic E-state index is -0.827. The lowest BCUT2D eigenvalue weighted by Gasteiger charge is -2.19. The molecule has 0 unspecified atom stereocenters. The van der Waals surface area contributed by atoms with Crippen molar-refractivity contribution in [2.24, 2.45) is 5.41 Å². The van der Waals surface area contributed by atoms with Gasteiger partial charge in [0.2, 0.25) is 11.8 Å². The van der Waals surface area contributed by atoms with Crippen molar-refractivity contribution in [3.63, 3.8) is 0 Å². The molecule has 2 rings (SSSR count). The zero-order valence-electron chi connectivity index (χ0n) is 11.3. The maximum atomic E-state index is 10.8. The fourth-order valence-corrected chi connectivity index (χ4v) is 2.28. The lowest BCUT2D eigenvalue weighted by Crippen LogP contribution is -2.19. The van der Waals surface area contributed by atoms with Crippen LogP contribution < -0.4 is 0 Å². The summed E-state index contributed by atoms with van der Waals surface area (Å²) in [5, 5.41) is 16.9. The molecule has 0 saturated heterocycles. The Labute approximate surface area is 130 Å². The molecule has 0 aliphatic rings. The number of aromatic nitrogens is 2. The van der Waals surface area contributed by atoms with E-state index < -0.39 is 11.4 Å². The van der Waals surface area contributed by atoms with E-state index in [0.717, 1.165) is 9.13 Å². The minimum absolute atomic E-state index is 0.0637. The van der Waals surface area contributed by atoms with E-state index >= 15 is 0 Å². The van der Waals surface area contributed by atoms with Gasteiger partial charge in [-0.15, -0.1) is 10.2 Å². The van der Waals surface area contributed by atoms with Gasteiger partial charge in [0.15, 0.2) is 0 Å². The molecule has 1 N–H and O–H groups in total. The van der Waals surface area contributed by atoms with Crippen molar-refractivity contribution in [3.05, 3.63) is 33.7 Å². The monoisotopic (exact) mass is 386 g/mol. The molecule has 6 heteroatoms. The molecule has 0 aliphatic carbocycles. The van der Waals surface area contributed by atoms with Crippen LogP contribution in [0.3, 0.4) is 0 Å². The highest BCUT2D eigenvalue weighted by Crippen LogP contribution is 2.27. The molecule has 1 aromatic heterocycles. The van der Waals surface area contributed by atoms with Crippen LogP contribution in [0.5, 0.6) is 0 Å². The third-order valence-corrected chi connectivity index (χ3v) is 3.54. The van der Waals surface area contributed by atoms with Crippen molar-refractivity contribution in [1.82, 2.24) is 10.2 Å². The van der Waals surface area contributed by atoms with Gasteiger partial charge in [0.05, 0.1) is 6.42 Å². The molecule has 0 bridgehead atoms. The highest BCUT2D eigenvalue weighted by atomic mass is 127. The van der Waals surface area contributed by atoms with E-state index in [4.69, 9.17) is 9.52 Å². The number of aliphatic carboxylic acids is 1. The minimum Gasteiger partial charge on any atom is -0.481 e. The summed E-state index contributed by atoms with van der Waals surface area (Å²) in [6.07, 6.45) is 0.505. The summed E-state index contributed by atoms with van der Waals surface area (Å²) in [4.78, 5) is 10.8. The fourth-order valence-electron chi connectivity index (χ4n) is 1.92. The van der Waals surface area contributed by atoms with Gasteiger partial charge in [0, 0.05) is 15.6 Å². The molecule has 2 aromatic rings. The van der Waals surface area contributed by atoms with E-state index in [1.807, 2.05) is 38.1 Å². The lowest BCUT2D eigenvalue weighted by atomic mass is 9.86. The Morgan fingerprint density at radius 2 is 1.95 bits per heavy atom. The van der Waals surface area contributed by atoms with E-state index in [9.17, 15) is 4.79 Å². The molecule has 0 aliphatic heterocycles. The number of nitrogens with zero attached hydrogens (tertiary/aromatic N) is 2. The van der Waals surface area contributed by atoms with Gasteiger partial charge in [-0.3, -0.25) is 4.79 Å². The fraction of sp³-hybridized carbons (Fsp3) is 0.357. The summed E-state index contributed by atoms with van der Waals surface area (Å²) in [7, 11) is 0. The van der Waals surface area contributed by atoms with Crippen molar-refractivity contribution in [1.29, 1.82) is 0 Å². The van der Waals surface area contributed by atoms with Crippen LogP contribution in [0.15, 0.2) is 28.7 Å². The second-order valence-corrected chi connectivity index (χ2v) is 6.66. The third kappa shape index (κ3) is 4.03.